The Morgan fingerprint density at radius 3 is 1.50 bits per heavy atom. The lowest BCUT2D eigenvalue weighted by molar-refractivity contribution is 0.259. The molecule has 2 nitrogen and oxygen atoms in total. The molecule has 0 radical (unpaired) electrons. The Kier molecular flexibility index (Phi) is 3.64. The van der Waals surface area contributed by atoms with E-state index < -0.39 is 0 Å². The van der Waals surface area contributed by atoms with Crippen molar-refractivity contribution >= 4 is 42.6 Å². The molecule has 0 fully saturated rings. The van der Waals surface area contributed by atoms with Crippen LogP contribution in [0, 0.1) is 0 Å². The Hall–Kier alpha value is -0.420. The summed E-state index contributed by atoms with van der Waals surface area (Å²) in [5.41, 5.74) is 1.46. The molecule has 0 spiro atoms. The monoisotopic (exact) mass is 344 g/mol. The summed E-state index contributed by atoms with van der Waals surface area (Å²) >= 11 is 6.95. The van der Waals surface area contributed by atoms with Crippen molar-refractivity contribution in [2.75, 3.05) is 0 Å². The maximum absolute atomic E-state index is 9.35. The van der Waals surface area contributed by atoms with E-state index in [-0.39, 0.29) is 13.2 Å². The first-order valence-corrected chi connectivity index (χ1v) is 6.38. The van der Waals surface area contributed by atoms with Crippen LogP contribution in [-0.4, -0.2) is 10.2 Å². The van der Waals surface area contributed by atoms with E-state index in [2.05, 4.69) is 31.9 Å². The van der Waals surface area contributed by atoms with Crippen LogP contribution < -0.4 is 0 Å². The molecule has 0 saturated carbocycles. The van der Waals surface area contributed by atoms with Crippen molar-refractivity contribution in [1.29, 1.82) is 0 Å². The molecule has 0 saturated heterocycles. The SMILES string of the molecule is OCc1c(CO)c(Br)c2ccccc2c1Br. The van der Waals surface area contributed by atoms with Crippen LogP contribution in [0.25, 0.3) is 10.8 Å². The van der Waals surface area contributed by atoms with Gasteiger partial charge in [-0.15, -0.1) is 0 Å². The van der Waals surface area contributed by atoms with E-state index in [9.17, 15) is 10.2 Å². The molecule has 0 heterocycles. The lowest BCUT2D eigenvalue weighted by Gasteiger charge is -2.14. The molecule has 4 heteroatoms. The third-order valence-corrected chi connectivity index (χ3v) is 4.42. The van der Waals surface area contributed by atoms with Crippen LogP contribution in [-0.2, 0) is 13.2 Å². The second-order valence-electron chi connectivity index (χ2n) is 3.45. The molecule has 0 amide bonds. The van der Waals surface area contributed by atoms with Crippen molar-refractivity contribution in [2.45, 2.75) is 13.2 Å². The molecule has 0 atom stereocenters. The van der Waals surface area contributed by atoms with E-state index >= 15 is 0 Å². The minimum absolute atomic E-state index is 0.0973. The number of aliphatic hydroxyl groups excluding tert-OH is 2. The van der Waals surface area contributed by atoms with E-state index in [1.807, 2.05) is 24.3 Å². The van der Waals surface area contributed by atoms with Gasteiger partial charge in [0.05, 0.1) is 13.2 Å². The maximum atomic E-state index is 9.35. The van der Waals surface area contributed by atoms with Gasteiger partial charge in [-0.2, -0.15) is 0 Å². The van der Waals surface area contributed by atoms with E-state index in [0.29, 0.717) is 0 Å². The number of aliphatic hydroxyl groups is 2. The predicted octanol–water partition coefficient (Wildman–Crippen LogP) is 3.35. The predicted molar refractivity (Wildman–Crippen MR) is 71.2 cm³/mol. The first-order valence-electron chi connectivity index (χ1n) is 4.79. The molecule has 0 aliphatic carbocycles. The number of hydrogen-bond donors (Lipinski definition) is 2. The topological polar surface area (TPSA) is 40.5 Å². The zero-order valence-corrected chi connectivity index (χ0v) is 11.5. The number of benzene rings is 2. The summed E-state index contributed by atoms with van der Waals surface area (Å²) < 4.78 is 1.69. The smallest absolute Gasteiger partial charge is 0.0697 e. The average Bonchev–Trinajstić information content (AvgIpc) is 2.33. The molecule has 2 aromatic carbocycles. The summed E-state index contributed by atoms with van der Waals surface area (Å²) in [4.78, 5) is 0. The summed E-state index contributed by atoms with van der Waals surface area (Å²) in [6.07, 6.45) is 0. The van der Waals surface area contributed by atoms with E-state index in [1.165, 1.54) is 0 Å². The number of hydrogen-bond acceptors (Lipinski definition) is 2. The first-order chi connectivity index (χ1) is 7.70. The van der Waals surface area contributed by atoms with Gasteiger partial charge < -0.3 is 10.2 Å². The fourth-order valence-electron chi connectivity index (χ4n) is 1.79. The van der Waals surface area contributed by atoms with Crippen LogP contribution >= 0.6 is 31.9 Å². The molecule has 84 valence electrons. The highest BCUT2D eigenvalue weighted by Crippen LogP contribution is 2.37. The van der Waals surface area contributed by atoms with E-state index in [0.717, 1.165) is 30.8 Å². The van der Waals surface area contributed by atoms with Gasteiger partial charge in [-0.1, -0.05) is 24.3 Å². The molecule has 0 aliphatic heterocycles. The van der Waals surface area contributed by atoms with Gasteiger partial charge in [0.2, 0.25) is 0 Å². The van der Waals surface area contributed by atoms with Gasteiger partial charge in [0.15, 0.2) is 0 Å². The summed E-state index contributed by atoms with van der Waals surface area (Å²) in [6.45, 7) is -0.195. The van der Waals surface area contributed by atoms with E-state index in [4.69, 9.17) is 0 Å². The second kappa shape index (κ2) is 4.84. The quantitative estimate of drug-likeness (QED) is 0.876. The second-order valence-corrected chi connectivity index (χ2v) is 5.03. The standard InChI is InChI=1S/C12H10Br2O2/c13-11-7-3-1-2-4-8(7)12(14)10(6-16)9(11)5-15/h1-4,15-16H,5-6H2. The summed E-state index contributed by atoms with van der Waals surface area (Å²) in [6, 6.07) is 7.84. The van der Waals surface area contributed by atoms with Crippen molar-refractivity contribution in [2.24, 2.45) is 0 Å². The lowest BCUT2D eigenvalue weighted by Crippen LogP contribution is -1.98. The Morgan fingerprint density at radius 1 is 0.812 bits per heavy atom. The fraction of sp³-hybridized carbons (Fsp3) is 0.167. The maximum Gasteiger partial charge on any atom is 0.0697 e. The van der Waals surface area contributed by atoms with Crippen molar-refractivity contribution in [3.63, 3.8) is 0 Å². The van der Waals surface area contributed by atoms with Crippen molar-refractivity contribution in [3.8, 4) is 0 Å². The summed E-state index contributed by atoms with van der Waals surface area (Å²) in [7, 11) is 0. The third kappa shape index (κ3) is 1.80. The molecule has 2 aromatic rings. The van der Waals surface area contributed by atoms with E-state index in [1.54, 1.807) is 0 Å². The minimum Gasteiger partial charge on any atom is -0.392 e. The molecule has 2 N–H and O–H groups in total. The minimum atomic E-state index is -0.0973. The highest BCUT2D eigenvalue weighted by atomic mass is 79.9. The van der Waals surface area contributed by atoms with Crippen molar-refractivity contribution in [3.05, 3.63) is 44.3 Å². The van der Waals surface area contributed by atoms with Gasteiger partial charge in [-0.3, -0.25) is 0 Å². The Bertz CT molecular complexity index is 490. The van der Waals surface area contributed by atoms with Crippen LogP contribution in [0.15, 0.2) is 33.2 Å². The van der Waals surface area contributed by atoms with Gasteiger partial charge >= 0.3 is 0 Å². The molecular weight excluding hydrogens is 336 g/mol. The molecule has 0 aromatic heterocycles. The Labute approximate surface area is 110 Å². The van der Waals surface area contributed by atoms with Gasteiger partial charge in [-0.05, 0) is 53.8 Å². The van der Waals surface area contributed by atoms with Gasteiger partial charge in [-0.25, -0.2) is 0 Å². The van der Waals surface area contributed by atoms with Crippen LogP contribution in [0.1, 0.15) is 11.1 Å². The largest absolute Gasteiger partial charge is 0.392 e. The molecule has 0 bridgehead atoms. The Balaban J connectivity index is 2.93. The lowest BCUT2D eigenvalue weighted by atomic mass is 10.0. The molecular formula is C12H10Br2O2. The molecule has 16 heavy (non-hydrogen) atoms. The van der Waals surface area contributed by atoms with Gasteiger partial charge in [0.1, 0.15) is 0 Å². The summed E-state index contributed by atoms with van der Waals surface area (Å²) in [5.74, 6) is 0. The number of rotatable bonds is 2. The molecule has 2 rings (SSSR count). The average molecular weight is 346 g/mol. The van der Waals surface area contributed by atoms with Crippen LogP contribution in [0.3, 0.4) is 0 Å². The summed E-state index contributed by atoms with van der Waals surface area (Å²) in [5, 5.41) is 20.8. The normalized spacial score (nSPS) is 11.0. The zero-order valence-electron chi connectivity index (χ0n) is 8.37. The molecule has 0 unspecified atom stereocenters. The number of fused-ring (bicyclic) bond motifs is 1. The fourth-order valence-corrected chi connectivity index (χ4v) is 3.21. The van der Waals surface area contributed by atoms with Crippen molar-refractivity contribution in [1.82, 2.24) is 0 Å². The number of halogens is 2. The van der Waals surface area contributed by atoms with Gasteiger partial charge in [0, 0.05) is 8.95 Å². The third-order valence-electron chi connectivity index (χ3n) is 2.61. The van der Waals surface area contributed by atoms with Crippen LogP contribution in [0.2, 0.25) is 0 Å². The van der Waals surface area contributed by atoms with Gasteiger partial charge in [0.25, 0.3) is 0 Å². The van der Waals surface area contributed by atoms with Crippen molar-refractivity contribution < 1.29 is 10.2 Å². The first kappa shape index (κ1) is 12.0. The van der Waals surface area contributed by atoms with Crippen LogP contribution in [0.4, 0.5) is 0 Å². The highest BCUT2D eigenvalue weighted by Gasteiger charge is 2.14. The van der Waals surface area contributed by atoms with Crippen LogP contribution in [0.5, 0.6) is 0 Å². The highest BCUT2D eigenvalue weighted by molar-refractivity contribution is 9.11. The molecule has 0 aliphatic rings. The Morgan fingerprint density at radius 2 is 1.19 bits per heavy atom. The zero-order chi connectivity index (χ0) is 11.7.